The Labute approximate surface area is 89.4 Å². The van der Waals surface area contributed by atoms with E-state index in [0.717, 1.165) is 22.8 Å². The van der Waals surface area contributed by atoms with Crippen molar-refractivity contribution in [2.45, 2.75) is 6.92 Å². The van der Waals surface area contributed by atoms with Crippen LogP contribution in [-0.4, -0.2) is 20.2 Å². The van der Waals surface area contributed by atoms with Gasteiger partial charge in [0.25, 0.3) is 0 Å². The van der Waals surface area contributed by atoms with Crippen LogP contribution in [0.1, 0.15) is 5.56 Å². The Bertz CT molecular complexity index is 304. The Hall–Kier alpha value is -0.770. The van der Waals surface area contributed by atoms with Crippen LogP contribution in [0.3, 0.4) is 0 Å². The molecule has 0 unspecified atom stereocenters. The second kappa shape index (κ2) is 5.20. The third kappa shape index (κ3) is 2.87. The molecule has 0 amide bonds. The van der Waals surface area contributed by atoms with E-state index in [4.69, 9.17) is 17.5 Å². The number of aryl methyl sites for hydroxylation is 1. The van der Waals surface area contributed by atoms with E-state index in [0.29, 0.717) is 6.61 Å². The Morgan fingerprint density at radius 1 is 1.50 bits per heavy atom. The SMILES string of the molecule is Cc1ccc(N(C)CCON)cc1Cl. The molecule has 0 atom stereocenters. The van der Waals surface area contributed by atoms with E-state index >= 15 is 0 Å². The van der Waals surface area contributed by atoms with E-state index in [-0.39, 0.29) is 0 Å². The summed E-state index contributed by atoms with van der Waals surface area (Å²) in [6.07, 6.45) is 0. The van der Waals surface area contributed by atoms with Gasteiger partial charge >= 0.3 is 0 Å². The van der Waals surface area contributed by atoms with Crippen molar-refractivity contribution in [3.8, 4) is 0 Å². The molecule has 0 aliphatic heterocycles. The first-order valence-corrected chi connectivity index (χ1v) is 4.82. The van der Waals surface area contributed by atoms with Crippen LogP contribution in [0.25, 0.3) is 0 Å². The average molecular weight is 215 g/mol. The highest BCUT2D eigenvalue weighted by atomic mass is 35.5. The predicted molar refractivity (Wildman–Crippen MR) is 59.6 cm³/mol. The summed E-state index contributed by atoms with van der Waals surface area (Å²) in [5, 5.41) is 0.781. The monoisotopic (exact) mass is 214 g/mol. The smallest absolute Gasteiger partial charge is 0.0854 e. The standard InChI is InChI=1S/C10H15ClN2O/c1-8-3-4-9(7-10(8)11)13(2)5-6-14-12/h3-4,7H,5-6,12H2,1-2H3. The molecule has 78 valence electrons. The normalized spacial score (nSPS) is 10.3. The molecule has 0 saturated carbocycles. The van der Waals surface area contributed by atoms with E-state index in [1.165, 1.54) is 0 Å². The molecule has 0 saturated heterocycles. The molecule has 0 spiro atoms. The summed E-state index contributed by atoms with van der Waals surface area (Å²) in [7, 11) is 1.97. The highest BCUT2D eigenvalue weighted by Gasteiger charge is 2.02. The number of anilines is 1. The van der Waals surface area contributed by atoms with Crippen molar-refractivity contribution in [3.05, 3.63) is 28.8 Å². The number of hydrogen-bond acceptors (Lipinski definition) is 3. The third-order valence-corrected chi connectivity index (χ3v) is 2.55. The van der Waals surface area contributed by atoms with Crippen molar-refractivity contribution in [2.24, 2.45) is 5.90 Å². The molecular formula is C10H15ClN2O. The Morgan fingerprint density at radius 3 is 2.79 bits per heavy atom. The summed E-state index contributed by atoms with van der Waals surface area (Å²) >= 11 is 6.01. The van der Waals surface area contributed by atoms with E-state index in [9.17, 15) is 0 Å². The first-order chi connectivity index (χ1) is 6.65. The Morgan fingerprint density at radius 2 is 2.21 bits per heavy atom. The molecule has 2 N–H and O–H groups in total. The predicted octanol–water partition coefficient (Wildman–Crippen LogP) is 1.97. The van der Waals surface area contributed by atoms with Gasteiger partial charge in [-0.2, -0.15) is 0 Å². The number of rotatable bonds is 4. The van der Waals surface area contributed by atoms with Gasteiger partial charge in [0, 0.05) is 24.3 Å². The first kappa shape index (κ1) is 11.3. The van der Waals surface area contributed by atoms with E-state index in [1.54, 1.807) is 0 Å². The van der Waals surface area contributed by atoms with Gasteiger partial charge in [-0.25, -0.2) is 5.90 Å². The van der Waals surface area contributed by atoms with Crippen LogP contribution in [0.5, 0.6) is 0 Å². The summed E-state index contributed by atoms with van der Waals surface area (Å²) in [4.78, 5) is 6.55. The van der Waals surface area contributed by atoms with Gasteiger partial charge in [-0.3, -0.25) is 0 Å². The maximum atomic E-state index is 6.01. The second-order valence-electron chi connectivity index (χ2n) is 3.23. The zero-order valence-corrected chi connectivity index (χ0v) is 9.21. The minimum atomic E-state index is 0.502. The van der Waals surface area contributed by atoms with Gasteiger partial charge in [0.05, 0.1) is 6.61 Å². The Balaban J connectivity index is 2.70. The molecule has 0 aromatic heterocycles. The number of hydrogen-bond donors (Lipinski definition) is 1. The van der Waals surface area contributed by atoms with E-state index in [2.05, 4.69) is 4.84 Å². The quantitative estimate of drug-likeness (QED) is 0.779. The van der Waals surface area contributed by atoms with Crippen molar-refractivity contribution in [3.63, 3.8) is 0 Å². The molecule has 1 rings (SSSR count). The van der Waals surface area contributed by atoms with Crippen molar-refractivity contribution >= 4 is 17.3 Å². The minimum Gasteiger partial charge on any atom is -0.372 e. The number of benzene rings is 1. The maximum Gasteiger partial charge on any atom is 0.0854 e. The summed E-state index contributed by atoms with van der Waals surface area (Å²) < 4.78 is 0. The molecule has 0 aliphatic rings. The number of likely N-dealkylation sites (N-methyl/N-ethyl adjacent to an activating group) is 1. The fraction of sp³-hybridized carbons (Fsp3) is 0.400. The van der Waals surface area contributed by atoms with Gasteiger partial charge in [0.2, 0.25) is 0 Å². The van der Waals surface area contributed by atoms with Gasteiger partial charge in [0.1, 0.15) is 0 Å². The van der Waals surface area contributed by atoms with Gasteiger partial charge in [-0.1, -0.05) is 17.7 Å². The van der Waals surface area contributed by atoms with Crippen LogP contribution in [0.4, 0.5) is 5.69 Å². The van der Waals surface area contributed by atoms with Gasteiger partial charge in [-0.15, -0.1) is 0 Å². The third-order valence-electron chi connectivity index (χ3n) is 2.14. The largest absolute Gasteiger partial charge is 0.372 e. The van der Waals surface area contributed by atoms with Gasteiger partial charge < -0.3 is 9.74 Å². The van der Waals surface area contributed by atoms with Crippen LogP contribution in [-0.2, 0) is 4.84 Å². The maximum absolute atomic E-state index is 6.01. The number of halogens is 1. The Kier molecular flexibility index (Phi) is 4.20. The molecule has 0 heterocycles. The second-order valence-corrected chi connectivity index (χ2v) is 3.63. The van der Waals surface area contributed by atoms with Crippen molar-refractivity contribution < 1.29 is 4.84 Å². The summed E-state index contributed by atoms with van der Waals surface area (Å²) in [6, 6.07) is 5.96. The van der Waals surface area contributed by atoms with Crippen LogP contribution in [0.15, 0.2) is 18.2 Å². The summed E-state index contributed by atoms with van der Waals surface area (Å²) in [5.41, 5.74) is 2.15. The molecular weight excluding hydrogens is 200 g/mol. The van der Waals surface area contributed by atoms with Gasteiger partial charge in [-0.05, 0) is 24.6 Å². The topological polar surface area (TPSA) is 38.5 Å². The molecule has 0 bridgehead atoms. The lowest BCUT2D eigenvalue weighted by atomic mass is 10.2. The van der Waals surface area contributed by atoms with Crippen LogP contribution >= 0.6 is 11.6 Å². The van der Waals surface area contributed by atoms with Crippen molar-refractivity contribution in [1.29, 1.82) is 0 Å². The molecule has 0 radical (unpaired) electrons. The summed E-state index contributed by atoms with van der Waals surface area (Å²) in [6.45, 7) is 3.23. The lowest BCUT2D eigenvalue weighted by molar-refractivity contribution is 0.145. The van der Waals surface area contributed by atoms with Crippen LogP contribution in [0.2, 0.25) is 5.02 Å². The molecule has 1 aromatic rings. The lowest BCUT2D eigenvalue weighted by Crippen LogP contribution is -2.23. The van der Waals surface area contributed by atoms with Gasteiger partial charge in [0.15, 0.2) is 0 Å². The van der Waals surface area contributed by atoms with Crippen molar-refractivity contribution in [1.82, 2.24) is 0 Å². The minimum absolute atomic E-state index is 0.502. The van der Waals surface area contributed by atoms with Crippen LogP contribution < -0.4 is 10.8 Å². The molecule has 14 heavy (non-hydrogen) atoms. The molecule has 1 aromatic carbocycles. The van der Waals surface area contributed by atoms with Crippen LogP contribution in [0, 0.1) is 6.92 Å². The van der Waals surface area contributed by atoms with E-state index in [1.807, 2.05) is 37.1 Å². The molecule has 0 aliphatic carbocycles. The first-order valence-electron chi connectivity index (χ1n) is 4.44. The van der Waals surface area contributed by atoms with Crippen molar-refractivity contribution in [2.75, 3.05) is 25.1 Å². The summed E-state index contributed by atoms with van der Waals surface area (Å²) in [5.74, 6) is 4.96. The number of nitrogens with two attached hydrogens (primary N) is 1. The highest BCUT2D eigenvalue weighted by molar-refractivity contribution is 6.31. The number of nitrogens with zero attached hydrogens (tertiary/aromatic N) is 1. The zero-order chi connectivity index (χ0) is 10.6. The highest BCUT2D eigenvalue weighted by Crippen LogP contribution is 2.21. The lowest BCUT2D eigenvalue weighted by Gasteiger charge is -2.19. The fourth-order valence-corrected chi connectivity index (χ4v) is 1.31. The molecule has 0 fully saturated rings. The zero-order valence-electron chi connectivity index (χ0n) is 8.46. The molecule has 4 heteroatoms. The van der Waals surface area contributed by atoms with E-state index < -0.39 is 0 Å². The molecule has 3 nitrogen and oxygen atoms in total. The fourth-order valence-electron chi connectivity index (χ4n) is 1.14. The average Bonchev–Trinajstić information content (AvgIpc) is 2.18.